The van der Waals surface area contributed by atoms with Gasteiger partial charge in [0.05, 0.1) is 16.9 Å². The number of rotatable bonds is 5. The molecule has 0 aliphatic rings. The summed E-state index contributed by atoms with van der Waals surface area (Å²) in [6.07, 6.45) is 1.87. The van der Waals surface area contributed by atoms with E-state index in [1.165, 1.54) is 5.56 Å². The number of nitrogens with zero attached hydrogens (tertiary/aromatic N) is 1. The van der Waals surface area contributed by atoms with Crippen molar-refractivity contribution in [3.8, 4) is 0 Å². The van der Waals surface area contributed by atoms with E-state index in [1.54, 1.807) is 0 Å². The van der Waals surface area contributed by atoms with Gasteiger partial charge < -0.3 is 11.1 Å². The van der Waals surface area contributed by atoms with Crippen LogP contribution in [0, 0.1) is 0 Å². The minimum Gasteiger partial charge on any atom is -0.397 e. The van der Waals surface area contributed by atoms with Crippen molar-refractivity contribution in [3.63, 3.8) is 0 Å². The van der Waals surface area contributed by atoms with Crippen LogP contribution in [-0.4, -0.2) is 31.5 Å². The number of benzene rings is 1. The highest BCUT2D eigenvalue weighted by Crippen LogP contribution is 2.20. The van der Waals surface area contributed by atoms with Crippen molar-refractivity contribution in [2.75, 3.05) is 32.2 Å². The molecule has 0 saturated heterocycles. The number of nitrogens with two attached hydrogens (primary N) is 1. The van der Waals surface area contributed by atoms with E-state index in [2.05, 4.69) is 11.4 Å². The van der Waals surface area contributed by atoms with Crippen LogP contribution in [0.25, 0.3) is 0 Å². The minimum atomic E-state index is 0.0743. The number of nitrogens with one attached hydrogen (secondary N) is 1. The molecule has 0 amide bonds. The van der Waals surface area contributed by atoms with Crippen LogP contribution in [0.1, 0.15) is 12.0 Å². The number of hydrogen-bond acceptors (Lipinski definition) is 3. The summed E-state index contributed by atoms with van der Waals surface area (Å²) in [4.78, 5) is 2.01. The fourth-order valence-corrected chi connectivity index (χ4v) is 1.65. The number of nitrogen functional groups attached to an aromatic ring is 1. The molecule has 4 heteroatoms. The lowest BCUT2D eigenvalue weighted by Crippen LogP contribution is -2.22. The van der Waals surface area contributed by atoms with E-state index >= 15 is 0 Å². The highest BCUT2D eigenvalue weighted by atomic mass is 35.5. The predicted octanol–water partition coefficient (Wildman–Crippen LogP) is 2.37. The van der Waals surface area contributed by atoms with Gasteiger partial charge in [0.2, 0.25) is 0 Å². The molecule has 0 saturated carbocycles. The number of aryl methyl sites for hydroxylation is 1. The first-order valence-corrected chi connectivity index (χ1v) is 5.85. The van der Waals surface area contributed by atoms with Crippen molar-refractivity contribution >= 4 is 23.0 Å². The van der Waals surface area contributed by atoms with Crippen LogP contribution < -0.4 is 11.1 Å². The Morgan fingerprint density at radius 3 is 2.62 bits per heavy atom. The molecule has 0 aliphatic carbocycles. The number of alkyl halides is 1. The second-order valence-electron chi connectivity index (χ2n) is 4.11. The Balaban J connectivity index is 2.58. The summed E-state index contributed by atoms with van der Waals surface area (Å²) in [5.74, 6) is 0. The molecule has 0 bridgehead atoms. The number of hydrogen-bond donors (Lipinski definition) is 2. The molecule has 3 nitrogen and oxygen atoms in total. The quantitative estimate of drug-likeness (QED) is 0.473. The van der Waals surface area contributed by atoms with Crippen molar-refractivity contribution in [2.24, 2.45) is 0 Å². The van der Waals surface area contributed by atoms with E-state index in [0.29, 0.717) is 0 Å². The monoisotopic (exact) mass is 241 g/mol. The fourth-order valence-electron chi connectivity index (χ4n) is 1.54. The normalized spacial score (nSPS) is 12.8. The van der Waals surface area contributed by atoms with Crippen LogP contribution in [0.3, 0.4) is 0 Å². The van der Waals surface area contributed by atoms with Gasteiger partial charge in [-0.2, -0.15) is 0 Å². The lowest BCUT2D eigenvalue weighted by Gasteiger charge is -2.17. The average Bonchev–Trinajstić information content (AvgIpc) is 2.25. The molecule has 0 spiro atoms. The highest BCUT2D eigenvalue weighted by Gasteiger charge is 2.07. The van der Waals surface area contributed by atoms with Crippen molar-refractivity contribution in [3.05, 3.63) is 23.8 Å². The van der Waals surface area contributed by atoms with Crippen LogP contribution in [-0.2, 0) is 6.42 Å². The standard InChI is InChI=1S/C12H20ClN3/c1-15-11-6-4-9(8-10(11)14)5-7-12(13)16(2)3/h4,6,8,12,15H,5,7,14H2,1-3H3. The topological polar surface area (TPSA) is 41.3 Å². The first-order valence-electron chi connectivity index (χ1n) is 5.41. The Labute approximate surface area is 103 Å². The Hall–Kier alpha value is -0.930. The molecule has 1 unspecified atom stereocenters. The summed E-state index contributed by atoms with van der Waals surface area (Å²) in [6, 6.07) is 6.09. The zero-order valence-electron chi connectivity index (χ0n) is 10.1. The number of halogens is 1. The first kappa shape index (κ1) is 13.1. The molecule has 1 rings (SSSR count). The van der Waals surface area contributed by atoms with Crippen LogP contribution >= 0.6 is 11.6 Å². The molecule has 16 heavy (non-hydrogen) atoms. The third-order valence-corrected chi connectivity index (χ3v) is 3.23. The third-order valence-electron chi connectivity index (χ3n) is 2.62. The molecule has 1 atom stereocenters. The molecule has 0 aliphatic heterocycles. The maximum atomic E-state index is 6.15. The molecular weight excluding hydrogens is 222 g/mol. The maximum Gasteiger partial charge on any atom is 0.0848 e. The summed E-state index contributed by atoms with van der Waals surface area (Å²) in [6.45, 7) is 0. The van der Waals surface area contributed by atoms with Crippen LogP contribution in [0.15, 0.2) is 18.2 Å². The lowest BCUT2D eigenvalue weighted by molar-refractivity contribution is 0.361. The largest absolute Gasteiger partial charge is 0.397 e. The fraction of sp³-hybridized carbons (Fsp3) is 0.500. The molecule has 0 radical (unpaired) electrons. The highest BCUT2D eigenvalue weighted by molar-refractivity contribution is 6.20. The zero-order valence-corrected chi connectivity index (χ0v) is 10.9. The van der Waals surface area contributed by atoms with Crippen LogP contribution in [0.4, 0.5) is 11.4 Å². The van der Waals surface area contributed by atoms with Crippen LogP contribution in [0.5, 0.6) is 0 Å². The van der Waals surface area contributed by atoms with Gasteiger partial charge in [-0.25, -0.2) is 0 Å². The molecule has 90 valence electrons. The summed E-state index contributed by atoms with van der Waals surface area (Å²) >= 11 is 6.15. The van der Waals surface area contributed by atoms with E-state index in [0.717, 1.165) is 24.2 Å². The van der Waals surface area contributed by atoms with Gasteiger partial charge in [0.15, 0.2) is 0 Å². The van der Waals surface area contributed by atoms with Gasteiger partial charge in [-0.15, -0.1) is 11.6 Å². The maximum absolute atomic E-state index is 6.15. The smallest absolute Gasteiger partial charge is 0.0848 e. The molecule has 0 heterocycles. The summed E-state index contributed by atoms with van der Waals surface area (Å²) in [5.41, 5.74) is 8.95. The van der Waals surface area contributed by atoms with Gasteiger partial charge in [0.1, 0.15) is 0 Å². The van der Waals surface area contributed by atoms with Crippen molar-refractivity contribution in [1.29, 1.82) is 0 Å². The van der Waals surface area contributed by atoms with Gasteiger partial charge >= 0.3 is 0 Å². The summed E-state index contributed by atoms with van der Waals surface area (Å²) in [5, 5.41) is 3.05. The Morgan fingerprint density at radius 2 is 2.12 bits per heavy atom. The van der Waals surface area contributed by atoms with Gasteiger partial charge in [0, 0.05) is 7.05 Å². The second-order valence-corrected chi connectivity index (χ2v) is 4.61. The Morgan fingerprint density at radius 1 is 1.44 bits per heavy atom. The van der Waals surface area contributed by atoms with Gasteiger partial charge in [-0.05, 0) is 44.6 Å². The Kier molecular flexibility index (Phi) is 4.90. The van der Waals surface area contributed by atoms with E-state index in [4.69, 9.17) is 17.3 Å². The molecular formula is C12H20ClN3. The lowest BCUT2D eigenvalue weighted by atomic mass is 10.1. The van der Waals surface area contributed by atoms with Gasteiger partial charge in [-0.1, -0.05) is 6.07 Å². The first-order chi connectivity index (χ1) is 7.54. The van der Waals surface area contributed by atoms with Crippen LogP contribution in [0.2, 0.25) is 0 Å². The molecule has 3 N–H and O–H groups in total. The zero-order chi connectivity index (χ0) is 12.1. The van der Waals surface area contributed by atoms with Crippen molar-refractivity contribution in [2.45, 2.75) is 18.3 Å². The second kappa shape index (κ2) is 5.97. The van der Waals surface area contributed by atoms with E-state index in [1.807, 2.05) is 38.2 Å². The van der Waals surface area contributed by atoms with Crippen molar-refractivity contribution < 1.29 is 0 Å². The SMILES string of the molecule is CNc1ccc(CCC(Cl)N(C)C)cc1N. The van der Waals surface area contributed by atoms with E-state index in [-0.39, 0.29) is 5.50 Å². The van der Waals surface area contributed by atoms with Gasteiger partial charge in [0.25, 0.3) is 0 Å². The molecule has 1 aromatic carbocycles. The minimum absolute atomic E-state index is 0.0743. The third kappa shape index (κ3) is 3.58. The molecule has 1 aromatic rings. The summed E-state index contributed by atoms with van der Waals surface area (Å²) < 4.78 is 0. The summed E-state index contributed by atoms with van der Waals surface area (Å²) in [7, 11) is 5.83. The molecule has 0 fully saturated rings. The van der Waals surface area contributed by atoms with Crippen molar-refractivity contribution in [1.82, 2.24) is 4.90 Å². The number of anilines is 2. The Bertz CT molecular complexity index is 339. The van der Waals surface area contributed by atoms with E-state index < -0.39 is 0 Å². The van der Waals surface area contributed by atoms with Gasteiger partial charge in [-0.3, -0.25) is 4.90 Å². The average molecular weight is 242 g/mol. The van der Waals surface area contributed by atoms with E-state index in [9.17, 15) is 0 Å². The molecule has 0 aromatic heterocycles. The predicted molar refractivity (Wildman–Crippen MR) is 72.1 cm³/mol.